The Hall–Kier alpha value is -4.20. The third kappa shape index (κ3) is 10.8. The van der Waals surface area contributed by atoms with Gasteiger partial charge in [0, 0.05) is 12.8 Å². The molecular formula is C24H34N4O10. The van der Waals surface area contributed by atoms with Gasteiger partial charge in [-0.25, -0.2) is 4.79 Å². The van der Waals surface area contributed by atoms with Crippen LogP contribution >= 0.6 is 0 Å². The lowest BCUT2D eigenvalue weighted by Gasteiger charge is -2.25. The van der Waals surface area contributed by atoms with E-state index in [1.54, 1.807) is 13.8 Å². The SMILES string of the molecule is CCC(C)C(N)C(=O)NC(CCC(=O)O)C(=O)NC(CC(=O)O)C(=O)NC(Cc1ccc(O)cc1)C(=O)O. The summed E-state index contributed by atoms with van der Waals surface area (Å²) in [5.41, 5.74) is 6.32. The summed E-state index contributed by atoms with van der Waals surface area (Å²) in [5.74, 6) is -7.38. The van der Waals surface area contributed by atoms with E-state index < -0.39 is 72.6 Å². The molecule has 1 aromatic carbocycles. The summed E-state index contributed by atoms with van der Waals surface area (Å²) in [6.07, 6.45) is -1.48. The molecule has 0 aliphatic carbocycles. The Balaban J connectivity index is 3.06. The second-order valence-electron chi connectivity index (χ2n) is 8.83. The second kappa shape index (κ2) is 15.1. The van der Waals surface area contributed by atoms with Gasteiger partial charge in [0.2, 0.25) is 17.7 Å². The van der Waals surface area contributed by atoms with Gasteiger partial charge in [-0.2, -0.15) is 0 Å². The Morgan fingerprint density at radius 3 is 1.84 bits per heavy atom. The normalized spacial score (nSPS) is 14.7. The van der Waals surface area contributed by atoms with Crippen LogP contribution in [0.2, 0.25) is 0 Å². The molecule has 0 aliphatic heterocycles. The first-order valence-electron chi connectivity index (χ1n) is 11.9. The van der Waals surface area contributed by atoms with Crippen molar-refractivity contribution in [2.24, 2.45) is 11.7 Å². The van der Waals surface area contributed by atoms with E-state index in [2.05, 4.69) is 16.0 Å². The summed E-state index contributed by atoms with van der Waals surface area (Å²) in [7, 11) is 0. The maximum atomic E-state index is 12.9. The van der Waals surface area contributed by atoms with Gasteiger partial charge in [0.25, 0.3) is 0 Å². The number of aromatic hydroxyl groups is 1. The van der Waals surface area contributed by atoms with Crippen LogP contribution in [-0.2, 0) is 35.2 Å². The van der Waals surface area contributed by atoms with Crippen molar-refractivity contribution in [1.82, 2.24) is 16.0 Å². The van der Waals surface area contributed by atoms with Gasteiger partial charge >= 0.3 is 17.9 Å². The molecule has 210 valence electrons. The number of carbonyl (C=O) groups excluding carboxylic acids is 3. The molecule has 1 aromatic rings. The Morgan fingerprint density at radius 1 is 0.816 bits per heavy atom. The molecule has 14 nitrogen and oxygen atoms in total. The molecule has 3 amide bonds. The highest BCUT2D eigenvalue weighted by molar-refractivity contribution is 5.95. The Bertz CT molecular complexity index is 1010. The maximum Gasteiger partial charge on any atom is 0.326 e. The number of amides is 3. The van der Waals surface area contributed by atoms with E-state index in [1.165, 1.54) is 24.3 Å². The van der Waals surface area contributed by atoms with Gasteiger partial charge in [-0.15, -0.1) is 0 Å². The Kier molecular flexibility index (Phi) is 12.7. The van der Waals surface area contributed by atoms with Crippen LogP contribution in [0.15, 0.2) is 24.3 Å². The van der Waals surface area contributed by atoms with Crippen molar-refractivity contribution in [3.05, 3.63) is 29.8 Å². The fourth-order valence-corrected chi connectivity index (χ4v) is 3.31. The van der Waals surface area contributed by atoms with Crippen molar-refractivity contribution in [3.63, 3.8) is 0 Å². The van der Waals surface area contributed by atoms with Crippen LogP contribution in [0.25, 0.3) is 0 Å². The van der Waals surface area contributed by atoms with Crippen LogP contribution in [0.1, 0.15) is 45.1 Å². The number of nitrogens with two attached hydrogens (primary N) is 1. The number of carboxylic acid groups (broad SMARTS) is 3. The third-order valence-electron chi connectivity index (χ3n) is 5.84. The lowest BCUT2D eigenvalue weighted by atomic mass is 9.98. The van der Waals surface area contributed by atoms with Crippen LogP contribution in [0.3, 0.4) is 0 Å². The minimum atomic E-state index is -1.74. The molecule has 0 aromatic heterocycles. The van der Waals surface area contributed by atoms with Gasteiger partial charge in [0.15, 0.2) is 0 Å². The predicted molar refractivity (Wildman–Crippen MR) is 132 cm³/mol. The first-order valence-corrected chi connectivity index (χ1v) is 11.9. The first kappa shape index (κ1) is 31.8. The van der Waals surface area contributed by atoms with Gasteiger partial charge in [0.05, 0.1) is 12.5 Å². The van der Waals surface area contributed by atoms with Gasteiger partial charge in [-0.1, -0.05) is 32.4 Å². The Morgan fingerprint density at radius 2 is 1.34 bits per heavy atom. The molecule has 38 heavy (non-hydrogen) atoms. The van der Waals surface area contributed by atoms with E-state index in [4.69, 9.17) is 10.8 Å². The van der Waals surface area contributed by atoms with Crippen molar-refractivity contribution < 1.29 is 49.2 Å². The largest absolute Gasteiger partial charge is 0.508 e. The van der Waals surface area contributed by atoms with Gasteiger partial charge in [-0.05, 0) is 30.0 Å². The predicted octanol–water partition coefficient (Wildman–Crippen LogP) is -0.813. The molecule has 14 heteroatoms. The standard InChI is InChI=1S/C24H34N4O10/c1-3-12(2)20(25)23(36)26-15(8-9-18(30)31)21(34)27-16(11-19(32)33)22(35)28-17(24(37)38)10-13-4-6-14(29)7-5-13/h4-7,12,15-17,20,29H,3,8-11,25H2,1-2H3,(H,26,36)(H,27,34)(H,28,35)(H,30,31)(H,32,33)(H,37,38). The van der Waals surface area contributed by atoms with Crippen molar-refractivity contribution in [1.29, 1.82) is 0 Å². The molecule has 5 atom stereocenters. The van der Waals surface area contributed by atoms with Crippen molar-refractivity contribution >= 4 is 35.6 Å². The van der Waals surface area contributed by atoms with E-state index in [0.29, 0.717) is 12.0 Å². The molecular weight excluding hydrogens is 504 g/mol. The van der Waals surface area contributed by atoms with Crippen molar-refractivity contribution in [2.75, 3.05) is 0 Å². The number of hydrogen-bond acceptors (Lipinski definition) is 8. The van der Waals surface area contributed by atoms with E-state index in [0.717, 1.165) is 0 Å². The topological polar surface area (TPSA) is 245 Å². The van der Waals surface area contributed by atoms with E-state index in [1.807, 2.05) is 0 Å². The fraction of sp³-hybridized carbons (Fsp3) is 0.500. The summed E-state index contributed by atoms with van der Waals surface area (Å²) in [5, 5.41) is 43.8. The number of aliphatic carboxylic acids is 3. The summed E-state index contributed by atoms with van der Waals surface area (Å²) < 4.78 is 0. The summed E-state index contributed by atoms with van der Waals surface area (Å²) >= 11 is 0. The van der Waals surface area contributed by atoms with Crippen LogP contribution < -0.4 is 21.7 Å². The van der Waals surface area contributed by atoms with Crippen molar-refractivity contribution in [3.8, 4) is 5.75 Å². The van der Waals surface area contributed by atoms with Gasteiger partial charge < -0.3 is 42.1 Å². The number of phenols is 1. The zero-order valence-electron chi connectivity index (χ0n) is 21.0. The molecule has 0 heterocycles. The third-order valence-corrected chi connectivity index (χ3v) is 5.84. The molecule has 0 spiro atoms. The molecule has 9 N–H and O–H groups in total. The van der Waals surface area contributed by atoms with Gasteiger partial charge in [0.1, 0.15) is 23.9 Å². The fourth-order valence-electron chi connectivity index (χ4n) is 3.31. The number of carbonyl (C=O) groups is 6. The monoisotopic (exact) mass is 538 g/mol. The number of benzene rings is 1. The maximum absolute atomic E-state index is 12.9. The highest BCUT2D eigenvalue weighted by atomic mass is 16.4. The van der Waals surface area contributed by atoms with Crippen LogP contribution in [-0.4, -0.2) is 80.2 Å². The summed E-state index contributed by atoms with van der Waals surface area (Å²) in [6.45, 7) is 3.51. The smallest absolute Gasteiger partial charge is 0.326 e. The number of nitrogens with one attached hydrogen (secondary N) is 3. The molecule has 0 saturated carbocycles. The number of rotatable bonds is 16. The molecule has 0 fully saturated rings. The zero-order chi connectivity index (χ0) is 29.0. The minimum absolute atomic E-state index is 0.0523. The molecule has 5 unspecified atom stereocenters. The number of phenolic OH excluding ortho intramolecular Hbond substituents is 1. The van der Waals surface area contributed by atoms with Crippen LogP contribution in [0.5, 0.6) is 5.75 Å². The summed E-state index contributed by atoms with van der Waals surface area (Å²) in [4.78, 5) is 72.4. The summed E-state index contributed by atoms with van der Waals surface area (Å²) in [6, 6.07) is -0.184. The highest BCUT2D eigenvalue weighted by Gasteiger charge is 2.32. The van der Waals surface area contributed by atoms with E-state index in [-0.39, 0.29) is 24.5 Å². The minimum Gasteiger partial charge on any atom is -0.508 e. The molecule has 0 bridgehead atoms. The number of hydrogen-bond donors (Lipinski definition) is 8. The van der Waals surface area contributed by atoms with Crippen LogP contribution in [0, 0.1) is 5.92 Å². The quantitative estimate of drug-likeness (QED) is 0.129. The average molecular weight is 539 g/mol. The van der Waals surface area contributed by atoms with E-state index >= 15 is 0 Å². The lowest BCUT2D eigenvalue weighted by Crippen LogP contribution is -2.58. The second-order valence-corrected chi connectivity index (χ2v) is 8.83. The van der Waals surface area contributed by atoms with Crippen LogP contribution in [0.4, 0.5) is 0 Å². The average Bonchev–Trinajstić information content (AvgIpc) is 2.85. The van der Waals surface area contributed by atoms with E-state index in [9.17, 15) is 44.1 Å². The lowest BCUT2D eigenvalue weighted by molar-refractivity contribution is -0.143. The molecule has 1 rings (SSSR count). The zero-order valence-corrected chi connectivity index (χ0v) is 21.0. The van der Waals surface area contributed by atoms with Crippen molar-refractivity contribution in [2.45, 2.75) is 70.1 Å². The molecule has 0 radical (unpaired) electrons. The number of carboxylic acids is 3. The van der Waals surface area contributed by atoms with Gasteiger partial charge in [-0.3, -0.25) is 24.0 Å². The molecule has 0 aliphatic rings. The molecule has 0 saturated heterocycles. The highest BCUT2D eigenvalue weighted by Crippen LogP contribution is 2.12. The Labute approximate surface area is 218 Å². The first-order chi connectivity index (χ1) is 17.7.